The molecule has 112 valence electrons. The number of piperazine rings is 1. The lowest BCUT2D eigenvalue weighted by Crippen LogP contribution is -2.62. The van der Waals surface area contributed by atoms with E-state index < -0.39 is 6.04 Å². The maximum absolute atomic E-state index is 12.8. The van der Waals surface area contributed by atoms with Gasteiger partial charge in [0.05, 0.1) is 0 Å². The Kier molecular flexibility index (Phi) is 3.95. The molecule has 3 rings (SSSR count). The van der Waals surface area contributed by atoms with Crippen molar-refractivity contribution in [2.24, 2.45) is 0 Å². The quantitative estimate of drug-likeness (QED) is 0.924. The molecule has 2 amide bonds. The molecule has 1 aliphatic heterocycles. The topological polar surface area (TPSA) is 49.4 Å². The minimum absolute atomic E-state index is 0.0360. The summed E-state index contributed by atoms with van der Waals surface area (Å²) in [5.41, 5.74) is 0.908. The van der Waals surface area contributed by atoms with Gasteiger partial charge in [0.1, 0.15) is 12.1 Å². The highest BCUT2D eigenvalue weighted by Gasteiger charge is 2.45. The SMILES string of the molecule is CCCC1NC(=O)C(c2ccccc2)N(C2CCC2)C1=O. The van der Waals surface area contributed by atoms with Crippen LogP contribution in [0.25, 0.3) is 0 Å². The first kappa shape index (κ1) is 14.1. The van der Waals surface area contributed by atoms with E-state index in [0.29, 0.717) is 0 Å². The van der Waals surface area contributed by atoms with Gasteiger partial charge in [0.15, 0.2) is 0 Å². The summed E-state index contributed by atoms with van der Waals surface area (Å²) in [6.07, 6.45) is 4.79. The van der Waals surface area contributed by atoms with Crippen molar-refractivity contribution in [2.75, 3.05) is 0 Å². The Morgan fingerprint density at radius 3 is 2.48 bits per heavy atom. The predicted molar refractivity (Wildman–Crippen MR) is 80.5 cm³/mol. The molecule has 0 radical (unpaired) electrons. The molecule has 1 aromatic carbocycles. The zero-order valence-electron chi connectivity index (χ0n) is 12.4. The fraction of sp³-hybridized carbons (Fsp3) is 0.529. The van der Waals surface area contributed by atoms with Gasteiger partial charge < -0.3 is 10.2 Å². The van der Waals surface area contributed by atoms with Crippen molar-refractivity contribution in [3.05, 3.63) is 35.9 Å². The fourth-order valence-corrected chi connectivity index (χ4v) is 3.23. The molecule has 2 aliphatic rings. The summed E-state index contributed by atoms with van der Waals surface area (Å²) in [4.78, 5) is 27.2. The highest BCUT2D eigenvalue weighted by atomic mass is 16.2. The van der Waals surface area contributed by atoms with Gasteiger partial charge in [0.2, 0.25) is 11.8 Å². The molecule has 21 heavy (non-hydrogen) atoms. The summed E-state index contributed by atoms with van der Waals surface area (Å²) in [5.74, 6) is 0.0566. The lowest BCUT2D eigenvalue weighted by molar-refractivity contribution is -0.154. The van der Waals surface area contributed by atoms with Gasteiger partial charge in [0, 0.05) is 6.04 Å². The number of carbonyl (C=O) groups is 2. The van der Waals surface area contributed by atoms with Crippen LogP contribution in [0.15, 0.2) is 30.3 Å². The Morgan fingerprint density at radius 1 is 1.19 bits per heavy atom. The van der Waals surface area contributed by atoms with Crippen molar-refractivity contribution in [2.45, 2.75) is 57.2 Å². The minimum Gasteiger partial charge on any atom is -0.342 e. The Labute approximate surface area is 125 Å². The second kappa shape index (κ2) is 5.88. The first-order chi connectivity index (χ1) is 10.2. The monoisotopic (exact) mass is 286 g/mol. The zero-order chi connectivity index (χ0) is 14.8. The van der Waals surface area contributed by atoms with Crippen LogP contribution in [0.3, 0.4) is 0 Å². The lowest BCUT2D eigenvalue weighted by atomic mass is 9.86. The Bertz CT molecular complexity index is 525. The molecule has 1 saturated carbocycles. The van der Waals surface area contributed by atoms with E-state index in [9.17, 15) is 9.59 Å². The van der Waals surface area contributed by atoms with E-state index in [2.05, 4.69) is 5.32 Å². The number of hydrogen-bond acceptors (Lipinski definition) is 2. The molecule has 2 fully saturated rings. The summed E-state index contributed by atoms with van der Waals surface area (Å²) < 4.78 is 0. The molecule has 2 unspecified atom stereocenters. The first-order valence-corrected chi connectivity index (χ1v) is 7.90. The Balaban J connectivity index is 1.93. The highest BCUT2D eigenvalue weighted by Crippen LogP contribution is 2.35. The summed E-state index contributed by atoms with van der Waals surface area (Å²) in [5, 5.41) is 2.92. The van der Waals surface area contributed by atoms with Gasteiger partial charge in [-0.15, -0.1) is 0 Å². The molecule has 1 N–H and O–H groups in total. The van der Waals surface area contributed by atoms with E-state index in [0.717, 1.165) is 37.7 Å². The average molecular weight is 286 g/mol. The van der Waals surface area contributed by atoms with Crippen LogP contribution in [-0.4, -0.2) is 28.8 Å². The Hall–Kier alpha value is -1.84. The van der Waals surface area contributed by atoms with Crippen LogP contribution in [0, 0.1) is 0 Å². The van der Waals surface area contributed by atoms with E-state index >= 15 is 0 Å². The number of amides is 2. The van der Waals surface area contributed by atoms with Crippen LogP contribution in [0.5, 0.6) is 0 Å². The molecule has 2 atom stereocenters. The van der Waals surface area contributed by atoms with E-state index in [4.69, 9.17) is 0 Å². The molecule has 4 nitrogen and oxygen atoms in total. The summed E-state index contributed by atoms with van der Waals surface area (Å²) >= 11 is 0. The summed E-state index contributed by atoms with van der Waals surface area (Å²) in [6, 6.07) is 9.06. The van der Waals surface area contributed by atoms with E-state index in [1.54, 1.807) is 0 Å². The van der Waals surface area contributed by atoms with Gasteiger partial charge in [-0.25, -0.2) is 0 Å². The highest BCUT2D eigenvalue weighted by molar-refractivity contribution is 5.97. The lowest BCUT2D eigenvalue weighted by Gasteiger charge is -2.46. The third-order valence-electron chi connectivity index (χ3n) is 4.56. The first-order valence-electron chi connectivity index (χ1n) is 7.90. The van der Waals surface area contributed by atoms with Gasteiger partial charge in [-0.3, -0.25) is 9.59 Å². The van der Waals surface area contributed by atoms with Gasteiger partial charge in [-0.1, -0.05) is 43.7 Å². The molecule has 4 heteroatoms. The number of hydrogen-bond donors (Lipinski definition) is 1. The second-order valence-corrected chi connectivity index (χ2v) is 5.99. The minimum atomic E-state index is -0.461. The summed E-state index contributed by atoms with van der Waals surface area (Å²) in [6.45, 7) is 2.04. The predicted octanol–water partition coefficient (Wildman–Crippen LogP) is 2.41. The van der Waals surface area contributed by atoms with Crippen LogP contribution in [0.2, 0.25) is 0 Å². The zero-order valence-corrected chi connectivity index (χ0v) is 12.4. The molecule has 1 heterocycles. The summed E-state index contributed by atoms with van der Waals surface area (Å²) in [7, 11) is 0. The number of rotatable bonds is 4. The second-order valence-electron chi connectivity index (χ2n) is 5.99. The molecule has 1 saturated heterocycles. The van der Waals surface area contributed by atoms with Gasteiger partial charge >= 0.3 is 0 Å². The number of nitrogens with zero attached hydrogens (tertiary/aromatic N) is 1. The number of nitrogens with one attached hydrogen (secondary N) is 1. The molecular formula is C17H22N2O2. The fourth-order valence-electron chi connectivity index (χ4n) is 3.23. The van der Waals surface area contributed by atoms with Crippen molar-refractivity contribution in [3.8, 4) is 0 Å². The normalized spacial score (nSPS) is 26.4. The van der Waals surface area contributed by atoms with Gasteiger partial charge in [0.25, 0.3) is 0 Å². The molecular weight excluding hydrogens is 264 g/mol. The maximum atomic E-state index is 12.8. The number of carbonyl (C=O) groups excluding carboxylic acids is 2. The van der Waals surface area contributed by atoms with Crippen LogP contribution in [0.4, 0.5) is 0 Å². The molecule has 0 spiro atoms. The van der Waals surface area contributed by atoms with Crippen LogP contribution in [0.1, 0.15) is 50.6 Å². The molecule has 1 aliphatic carbocycles. The van der Waals surface area contributed by atoms with Crippen molar-refractivity contribution in [1.82, 2.24) is 10.2 Å². The standard InChI is InChI=1S/C17H22N2O2/c1-2-7-14-17(21)19(13-10-6-11-13)15(16(20)18-14)12-8-4-3-5-9-12/h3-5,8-9,13-15H,2,6-7,10-11H2,1H3,(H,18,20). The van der Waals surface area contributed by atoms with E-state index in [-0.39, 0.29) is 23.9 Å². The maximum Gasteiger partial charge on any atom is 0.248 e. The smallest absolute Gasteiger partial charge is 0.248 e. The van der Waals surface area contributed by atoms with Crippen molar-refractivity contribution >= 4 is 11.8 Å². The van der Waals surface area contributed by atoms with Crippen molar-refractivity contribution < 1.29 is 9.59 Å². The van der Waals surface area contributed by atoms with Crippen LogP contribution in [-0.2, 0) is 9.59 Å². The molecule has 0 bridgehead atoms. The molecule has 1 aromatic rings. The van der Waals surface area contributed by atoms with Gasteiger partial charge in [-0.2, -0.15) is 0 Å². The van der Waals surface area contributed by atoms with E-state index in [1.165, 1.54) is 0 Å². The largest absolute Gasteiger partial charge is 0.342 e. The van der Waals surface area contributed by atoms with Crippen molar-refractivity contribution in [1.29, 1.82) is 0 Å². The third kappa shape index (κ3) is 2.55. The van der Waals surface area contributed by atoms with Crippen LogP contribution >= 0.6 is 0 Å². The number of benzene rings is 1. The van der Waals surface area contributed by atoms with Crippen molar-refractivity contribution in [3.63, 3.8) is 0 Å². The molecule has 0 aromatic heterocycles. The van der Waals surface area contributed by atoms with Gasteiger partial charge in [-0.05, 0) is 31.2 Å². The van der Waals surface area contributed by atoms with E-state index in [1.807, 2.05) is 42.2 Å². The average Bonchev–Trinajstić information content (AvgIpc) is 2.43. The third-order valence-corrected chi connectivity index (χ3v) is 4.56. The van der Waals surface area contributed by atoms with Crippen LogP contribution < -0.4 is 5.32 Å². The Morgan fingerprint density at radius 2 is 1.90 bits per heavy atom.